The first kappa shape index (κ1) is 20.0. The van der Waals surface area contributed by atoms with Crippen LogP contribution < -0.4 is 4.74 Å². The lowest BCUT2D eigenvalue weighted by molar-refractivity contribution is -0.163. The summed E-state index contributed by atoms with van der Waals surface area (Å²) < 4.78 is 18.8. The van der Waals surface area contributed by atoms with Crippen LogP contribution in [0.4, 0.5) is 4.39 Å². The van der Waals surface area contributed by atoms with E-state index in [1.165, 1.54) is 19.1 Å². The van der Waals surface area contributed by atoms with E-state index in [4.69, 9.17) is 4.74 Å². The lowest BCUT2D eigenvalue weighted by Crippen LogP contribution is -2.68. The lowest BCUT2D eigenvalue weighted by atomic mass is 9.93. The number of hydrogen-bond donors (Lipinski definition) is 0. The molecule has 0 aromatic heterocycles. The molecular weight excluding hydrogens is 359 g/mol. The van der Waals surface area contributed by atoms with E-state index < -0.39 is 11.5 Å². The fourth-order valence-corrected chi connectivity index (χ4v) is 3.61. The van der Waals surface area contributed by atoms with Crippen LogP contribution in [-0.2, 0) is 16.1 Å². The van der Waals surface area contributed by atoms with Crippen molar-refractivity contribution in [2.45, 2.75) is 38.9 Å². The Labute approximate surface area is 164 Å². The summed E-state index contributed by atoms with van der Waals surface area (Å²) in [5.74, 6) is -0.471. The highest BCUT2D eigenvalue weighted by molar-refractivity contribution is 5.88. The van der Waals surface area contributed by atoms with Gasteiger partial charge in [-0.1, -0.05) is 30.3 Å². The maximum Gasteiger partial charge on any atom is 0.338 e. The van der Waals surface area contributed by atoms with Crippen molar-refractivity contribution < 1.29 is 18.7 Å². The van der Waals surface area contributed by atoms with Crippen molar-refractivity contribution in [1.82, 2.24) is 9.80 Å². The molecule has 0 radical (unpaired) electrons. The standard InChI is InChI=1S/C22H25FN2O3/c1-16-13-25(17(2)26)22(3,21(27)28-20-7-5-4-6-8-20)15-24(16)14-18-9-11-19(23)12-10-18/h4-12,16H,13-15H2,1-3H3. The molecule has 1 heterocycles. The second-order valence-electron chi connectivity index (χ2n) is 7.49. The van der Waals surface area contributed by atoms with Gasteiger partial charge in [-0.2, -0.15) is 0 Å². The largest absolute Gasteiger partial charge is 0.425 e. The fourth-order valence-electron chi connectivity index (χ4n) is 3.61. The highest BCUT2D eigenvalue weighted by Gasteiger charge is 2.48. The maximum absolute atomic E-state index is 13.2. The van der Waals surface area contributed by atoms with Crippen molar-refractivity contribution in [2.24, 2.45) is 0 Å². The fraction of sp³-hybridized carbons (Fsp3) is 0.364. The molecule has 0 bridgehead atoms. The summed E-state index contributed by atoms with van der Waals surface area (Å²) in [5, 5.41) is 0. The van der Waals surface area contributed by atoms with Gasteiger partial charge in [-0.25, -0.2) is 9.18 Å². The predicted octanol–water partition coefficient (Wildman–Crippen LogP) is 3.24. The predicted molar refractivity (Wildman–Crippen MR) is 104 cm³/mol. The van der Waals surface area contributed by atoms with E-state index in [1.54, 1.807) is 48.2 Å². The smallest absolute Gasteiger partial charge is 0.338 e. The third-order valence-electron chi connectivity index (χ3n) is 5.25. The van der Waals surface area contributed by atoms with Crippen LogP contribution in [0.25, 0.3) is 0 Å². The number of nitrogens with zero attached hydrogens (tertiary/aromatic N) is 2. The van der Waals surface area contributed by atoms with E-state index in [0.717, 1.165) is 5.56 Å². The number of amides is 1. The molecule has 5 nitrogen and oxygen atoms in total. The molecule has 148 valence electrons. The number of halogens is 1. The molecule has 1 fully saturated rings. The van der Waals surface area contributed by atoms with Crippen molar-refractivity contribution >= 4 is 11.9 Å². The van der Waals surface area contributed by atoms with Gasteiger partial charge >= 0.3 is 5.97 Å². The molecule has 0 N–H and O–H groups in total. The molecule has 1 aliphatic rings. The molecule has 28 heavy (non-hydrogen) atoms. The lowest BCUT2D eigenvalue weighted by Gasteiger charge is -2.49. The Morgan fingerprint density at radius 3 is 2.39 bits per heavy atom. The van der Waals surface area contributed by atoms with Gasteiger partial charge in [-0.05, 0) is 43.7 Å². The van der Waals surface area contributed by atoms with Gasteiger partial charge in [0.1, 0.15) is 11.6 Å². The van der Waals surface area contributed by atoms with E-state index in [-0.39, 0.29) is 17.8 Å². The van der Waals surface area contributed by atoms with Crippen molar-refractivity contribution in [3.8, 4) is 5.75 Å². The number of piperazine rings is 1. The van der Waals surface area contributed by atoms with Crippen LogP contribution in [0.5, 0.6) is 5.75 Å². The molecule has 2 atom stereocenters. The summed E-state index contributed by atoms with van der Waals surface area (Å²) in [6, 6.07) is 15.2. The van der Waals surface area contributed by atoms with Crippen LogP contribution in [0.1, 0.15) is 26.3 Å². The molecule has 2 aromatic carbocycles. The van der Waals surface area contributed by atoms with Gasteiger partial charge in [0.2, 0.25) is 5.91 Å². The molecule has 1 aliphatic heterocycles. The van der Waals surface area contributed by atoms with Gasteiger partial charge in [0.05, 0.1) is 0 Å². The summed E-state index contributed by atoms with van der Waals surface area (Å²) in [6.45, 7) is 6.52. The van der Waals surface area contributed by atoms with Crippen LogP contribution in [0.2, 0.25) is 0 Å². The van der Waals surface area contributed by atoms with E-state index >= 15 is 0 Å². The summed E-state index contributed by atoms with van der Waals surface area (Å²) in [5.41, 5.74) is -0.169. The van der Waals surface area contributed by atoms with Crippen molar-refractivity contribution in [3.05, 3.63) is 66.0 Å². The van der Waals surface area contributed by atoms with Crippen molar-refractivity contribution in [2.75, 3.05) is 13.1 Å². The number of carbonyl (C=O) groups is 2. The van der Waals surface area contributed by atoms with Gasteiger partial charge < -0.3 is 9.64 Å². The molecule has 0 spiro atoms. The minimum absolute atomic E-state index is 0.0477. The number of carbonyl (C=O) groups excluding carboxylic acids is 2. The third-order valence-corrected chi connectivity index (χ3v) is 5.25. The monoisotopic (exact) mass is 384 g/mol. The molecule has 0 aliphatic carbocycles. The first-order valence-corrected chi connectivity index (χ1v) is 9.33. The number of benzene rings is 2. The molecule has 3 rings (SSSR count). The van der Waals surface area contributed by atoms with E-state index in [2.05, 4.69) is 4.90 Å². The van der Waals surface area contributed by atoms with Crippen LogP contribution >= 0.6 is 0 Å². The zero-order valence-electron chi connectivity index (χ0n) is 16.4. The number of hydrogen-bond acceptors (Lipinski definition) is 4. The molecule has 6 heteroatoms. The Morgan fingerprint density at radius 2 is 1.79 bits per heavy atom. The second kappa shape index (κ2) is 8.10. The van der Waals surface area contributed by atoms with E-state index in [0.29, 0.717) is 25.4 Å². The summed E-state index contributed by atoms with van der Waals surface area (Å²) in [7, 11) is 0. The highest BCUT2D eigenvalue weighted by atomic mass is 19.1. The van der Waals surface area contributed by atoms with E-state index in [1.807, 2.05) is 13.0 Å². The number of para-hydroxylation sites is 1. The summed E-state index contributed by atoms with van der Waals surface area (Å²) in [6.07, 6.45) is 0. The van der Waals surface area contributed by atoms with Crippen LogP contribution in [0, 0.1) is 5.82 Å². The molecule has 2 unspecified atom stereocenters. The Balaban J connectivity index is 1.83. The van der Waals surface area contributed by atoms with Gasteiger partial charge in [0, 0.05) is 32.6 Å². The number of rotatable bonds is 4. The second-order valence-corrected chi connectivity index (χ2v) is 7.49. The van der Waals surface area contributed by atoms with Crippen molar-refractivity contribution in [1.29, 1.82) is 0 Å². The van der Waals surface area contributed by atoms with Gasteiger partial charge in [0.25, 0.3) is 0 Å². The molecule has 1 saturated heterocycles. The van der Waals surface area contributed by atoms with Crippen LogP contribution in [-0.4, -0.2) is 46.3 Å². The first-order chi connectivity index (χ1) is 13.3. The van der Waals surface area contributed by atoms with E-state index in [9.17, 15) is 14.0 Å². The topological polar surface area (TPSA) is 49.9 Å². The minimum Gasteiger partial charge on any atom is -0.425 e. The average Bonchev–Trinajstić information content (AvgIpc) is 2.67. The zero-order valence-corrected chi connectivity index (χ0v) is 16.4. The van der Waals surface area contributed by atoms with Gasteiger partial charge in [-0.15, -0.1) is 0 Å². The van der Waals surface area contributed by atoms with Crippen LogP contribution in [0.3, 0.4) is 0 Å². The molecule has 1 amide bonds. The SMILES string of the molecule is CC(=O)N1CC(C)N(Cc2ccc(F)cc2)CC1(C)C(=O)Oc1ccccc1. The Kier molecular flexibility index (Phi) is 5.79. The summed E-state index contributed by atoms with van der Waals surface area (Å²) >= 11 is 0. The minimum atomic E-state index is -1.12. The first-order valence-electron chi connectivity index (χ1n) is 9.33. The van der Waals surface area contributed by atoms with Crippen LogP contribution in [0.15, 0.2) is 54.6 Å². The number of ether oxygens (including phenoxy) is 1. The molecular formula is C22H25FN2O3. The zero-order chi connectivity index (χ0) is 20.3. The van der Waals surface area contributed by atoms with Gasteiger partial charge in [0.15, 0.2) is 5.54 Å². The average molecular weight is 384 g/mol. The quantitative estimate of drug-likeness (QED) is 0.600. The Hall–Kier alpha value is -2.73. The molecule has 2 aromatic rings. The normalized spacial score (nSPS) is 22.7. The number of esters is 1. The highest BCUT2D eigenvalue weighted by Crippen LogP contribution is 2.28. The summed E-state index contributed by atoms with van der Waals surface area (Å²) in [4.78, 5) is 29.0. The third kappa shape index (κ3) is 4.22. The molecule has 0 saturated carbocycles. The van der Waals surface area contributed by atoms with Gasteiger partial charge in [-0.3, -0.25) is 9.69 Å². The Morgan fingerprint density at radius 1 is 1.14 bits per heavy atom. The van der Waals surface area contributed by atoms with Crippen molar-refractivity contribution in [3.63, 3.8) is 0 Å². The maximum atomic E-state index is 13.2. The Bertz CT molecular complexity index is 841.